The molecule has 0 radical (unpaired) electrons. The summed E-state index contributed by atoms with van der Waals surface area (Å²) in [5.74, 6) is -0.0342. The Labute approximate surface area is 124 Å². The fourth-order valence-electron chi connectivity index (χ4n) is 2.21. The quantitative estimate of drug-likeness (QED) is 0.571. The Morgan fingerprint density at radius 1 is 1.33 bits per heavy atom. The molecule has 1 aromatic rings. The van der Waals surface area contributed by atoms with Crippen molar-refractivity contribution >= 4 is 33.0 Å². The number of sulfonamides is 1. The van der Waals surface area contributed by atoms with E-state index < -0.39 is 10.0 Å². The van der Waals surface area contributed by atoms with E-state index >= 15 is 0 Å². The van der Waals surface area contributed by atoms with Crippen molar-refractivity contribution in [2.45, 2.75) is 19.8 Å². The molecule has 1 aliphatic rings. The number of nitrogen functional groups attached to an aromatic ring is 1. The Morgan fingerprint density at radius 3 is 2.81 bits per heavy atom. The highest BCUT2D eigenvalue weighted by molar-refractivity contribution is 7.89. The SMILES string of the molecule is CCNS(=O)(=O)CCNc1cc2c(cc1N)NC(=O)CC2. The highest BCUT2D eigenvalue weighted by atomic mass is 32.2. The van der Waals surface area contributed by atoms with Gasteiger partial charge in [-0.2, -0.15) is 0 Å². The van der Waals surface area contributed by atoms with Crippen LogP contribution in [-0.4, -0.2) is 33.2 Å². The molecule has 1 amide bonds. The molecule has 1 aromatic carbocycles. The van der Waals surface area contributed by atoms with Crippen molar-refractivity contribution in [2.24, 2.45) is 0 Å². The largest absolute Gasteiger partial charge is 0.397 e. The standard InChI is InChI=1S/C13H20N4O3S/c1-2-16-21(19,20)6-5-15-12-7-9-3-4-13(18)17-11(9)8-10(12)14/h7-8,15-16H,2-6,14H2,1H3,(H,17,18). The zero-order valence-electron chi connectivity index (χ0n) is 11.9. The van der Waals surface area contributed by atoms with Crippen LogP contribution in [0.1, 0.15) is 18.9 Å². The maximum absolute atomic E-state index is 11.5. The normalized spacial score (nSPS) is 14.4. The molecule has 1 heterocycles. The fourth-order valence-corrected chi connectivity index (χ4v) is 3.17. The fraction of sp³-hybridized carbons (Fsp3) is 0.462. The van der Waals surface area contributed by atoms with Crippen molar-refractivity contribution in [1.82, 2.24) is 4.72 Å². The number of hydrogen-bond donors (Lipinski definition) is 4. The lowest BCUT2D eigenvalue weighted by atomic mass is 10.0. The van der Waals surface area contributed by atoms with Gasteiger partial charge in [0.25, 0.3) is 0 Å². The third kappa shape index (κ3) is 4.08. The van der Waals surface area contributed by atoms with Gasteiger partial charge in [-0.25, -0.2) is 13.1 Å². The van der Waals surface area contributed by atoms with E-state index in [4.69, 9.17) is 5.73 Å². The van der Waals surface area contributed by atoms with Gasteiger partial charge in [-0.15, -0.1) is 0 Å². The molecule has 0 bridgehead atoms. The van der Waals surface area contributed by atoms with Gasteiger partial charge in [-0.05, 0) is 24.1 Å². The number of anilines is 3. The van der Waals surface area contributed by atoms with Gasteiger partial charge in [-0.1, -0.05) is 6.92 Å². The maximum atomic E-state index is 11.5. The van der Waals surface area contributed by atoms with Gasteiger partial charge >= 0.3 is 0 Å². The monoisotopic (exact) mass is 312 g/mol. The molecule has 116 valence electrons. The molecule has 0 unspecified atom stereocenters. The predicted molar refractivity (Wildman–Crippen MR) is 83.8 cm³/mol. The number of hydrogen-bond acceptors (Lipinski definition) is 5. The highest BCUT2D eigenvalue weighted by Crippen LogP contribution is 2.30. The van der Waals surface area contributed by atoms with Crippen molar-refractivity contribution in [3.63, 3.8) is 0 Å². The molecule has 7 nitrogen and oxygen atoms in total. The van der Waals surface area contributed by atoms with Gasteiger partial charge in [-0.3, -0.25) is 4.79 Å². The van der Waals surface area contributed by atoms with E-state index in [9.17, 15) is 13.2 Å². The summed E-state index contributed by atoms with van der Waals surface area (Å²) in [4.78, 5) is 11.3. The van der Waals surface area contributed by atoms with Crippen LogP contribution in [0, 0.1) is 0 Å². The third-order valence-electron chi connectivity index (χ3n) is 3.22. The molecule has 0 aromatic heterocycles. The molecule has 0 fully saturated rings. The first kappa shape index (κ1) is 15.6. The molecular weight excluding hydrogens is 292 g/mol. The first-order valence-electron chi connectivity index (χ1n) is 6.84. The number of fused-ring (bicyclic) bond motifs is 1. The summed E-state index contributed by atoms with van der Waals surface area (Å²) in [6.07, 6.45) is 1.11. The zero-order valence-corrected chi connectivity index (χ0v) is 12.7. The second-order valence-electron chi connectivity index (χ2n) is 4.89. The lowest BCUT2D eigenvalue weighted by Gasteiger charge is -2.19. The van der Waals surface area contributed by atoms with E-state index in [0.717, 1.165) is 11.3 Å². The van der Waals surface area contributed by atoms with Crippen LogP contribution < -0.4 is 21.1 Å². The summed E-state index contributed by atoms with van der Waals surface area (Å²) in [7, 11) is -3.25. The Morgan fingerprint density at radius 2 is 2.10 bits per heavy atom. The molecule has 2 rings (SSSR count). The van der Waals surface area contributed by atoms with Gasteiger partial charge in [0.15, 0.2) is 0 Å². The van der Waals surface area contributed by atoms with Gasteiger partial charge in [0, 0.05) is 25.2 Å². The van der Waals surface area contributed by atoms with Crippen molar-refractivity contribution < 1.29 is 13.2 Å². The summed E-state index contributed by atoms with van der Waals surface area (Å²) in [6.45, 7) is 2.38. The Hall–Kier alpha value is -1.80. The molecular formula is C13H20N4O3S. The van der Waals surface area contributed by atoms with Gasteiger partial charge in [0.2, 0.25) is 15.9 Å². The van der Waals surface area contributed by atoms with E-state index in [1.54, 1.807) is 13.0 Å². The molecule has 0 aliphatic carbocycles. The Bertz CT molecular complexity index is 643. The minimum absolute atomic E-state index is 0.0145. The first-order chi connectivity index (χ1) is 9.91. The minimum atomic E-state index is -3.25. The summed E-state index contributed by atoms with van der Waals surface area (Å²) < 4.78 is 25.5. The highest BCUT2D eigenvalue weighted by Gasteiger charge is 2.17. The molecule has 8 heteroatoms. The number of nitrogens with two attached hydrogens (primary N) is 1. The number of carbonyl (C=O) groups excluding carboxylic acids is 1. The molecule has 0 saturated carbocycles. The molecule has 0 spiro atoms. The van der Waals surface area contributed by atoms with Gasteiger partial charge in [0.1, 0.15) is 0 Å². The zero-order chi connectivity index (χ0) is 15.5. The van der Waals surface area contributed by atoms with Crippen molar-refractivity contribution in [2.75, 3.05) is 35.2 Å². The van der Waals surface area contributed by atoms with Crippen LogP contribution in [0.25, 0.3) is 0 Å². The average Bonchev–Trinajstić information content (AvgIpc) is 2.39. The average molecular weight is 312 g/mol. The molecule has 0 atom stereocenters. The number of aryl methyl sites for hydroxylation is 1. The van der Waals surface area contributed by atoms with Gasteiger partial charge < -0.3 is 16.4 Å². The van der Waals surface area contributed by atoms with Crippen LogP contribution in [0.3, 0.4) is 0 Å². The van der Waals surface area contributed by atoms with E-state index in [1.165, 1.54) is 0 Å². The molecule has 5 N–H and O–H groups in total. The van der Waals surface area contributed by atoms with Crippen LogP contribution in [0.15, 0.2) is 12.1 Å². The number of rotatable bonds is 6. The van der Waals surface area contributed by atoms with Crippen LogP contribution in [0.5, 0.6) is 0 Å². The summed E-state index contributed by atoms with van der Waals surface area (Å²) in [5.41, 5.74) is 8.83. The Balaban J connectivity index is 2.03. The van der Waals surface area contributed by atoms with Crippen molar-refractivity contribution in [1.29, 1.82) is 0 Å². The van der Waals surface area contributed by atoms with E-state index in [-0.39, 0.29) is 18.2 Å². The topological polar surface area (TPSA) is 113 Å². The number of benzene rings is 1. The van der Waals surface area contributed by atoms with E-state index in [2.05, 4.69) is 15.4 Å². The second kappa shape index (κ2) is 6.31. The molecule has 1 aliphatic heterocycles. The second-order valence-corrected chi connectivity index (χ2v) is 6.81. The smallest absolute Gasteiger partial charge is 0.224 e. The van der Waals surface area contributed by atoms with Crippen molar-refractivity contribution in [3.8, 4) is 0 Å². The lowest BCUT2D eigenvalue weighted by molar-refractivity contribution is -0.116. The van der Waals surface area contributed by atoms with E-state index in [1.807, 2.05) is 6.07 Å². The summed E-state index contributed by atoms with van der Waals surface area (Å²) in [6, 6.07) is 3.57. The van der Waals surface area contributed by atoms with Crippen LogP contribution in [0.2, 0.25) is 0 Å². The number of carbonyl (C=O) groups is 1. The predicted octanol–water partition coefficient (Wildman–Crippen LogP) is 0.505. The van der Waals surface area contributed by atoms with E-state index in [0.29, 0.717) is 30.8 Å². The van der Waals surface area contributed by atoms with Gasteiger partial charge in [0.05, 0.1) is 17.1 Å². The van der Waals surface area contributed by atoms with Crippen LogP contribution >= 0.6 is 0 Å². The first-order valence-corrected chi connectivity index (χ1v) is 8.50. The lowest BCUT2D eigenvalue weighted by Crippen LogP contribution is -2.29. The minimum Gasteiger partial charge on any atom is -0.397 e. The molecule has 21 heavy (non-hydrogen) atoms. The number of amides is 1. The molecule has 0 saturated heterocycles. The number of nitrogens with one attached hydrogen (secondary N) is 3. The third-order valence-corrected chi connectivity index (χ3v) is 4.69. The summed E-state index contributed by atoms with van der Waals surface area (Å²) >= 11 is 0. The summed E-state index contributed by atoms with van der Waals surface area (Å²) in [5, 5.41) is 5.80. The van der Waals surface area contributed by atoms with Crippen molar-refractivity contribution in [3.05, 3.63) is 17.7 Å². The van der Waals surface area contributed by atoms with Crippen LogP contribution in [0.4, 0.5) is 17.1 Å². The Kier molecular flexibility index (Phi) is 4.69. The maximum Gasteiger partial charge on any atom is 0.224 e. The van der Waals surface area contributed by atoms with Crippen LogP contribution in [-0.2, 0) is 21.2 Å².